The van der Waals surface area contributed by atoms with Crippen LogP contribution in [0.4, 0.5) is 4.39 Å². The van der Waals surface area contributed by atoms with E-state index in [0.29, 0.717) is 5.56 Å². The molecule has 0 amide bonds. The van der Waals surface area contributed by atoms with Crippen molar-refractivity contribution in [2.75, 3.05) is 0 Å². The van der Waals surface area contributed by atoms with E-state index in [2.05, 4.69) is 4.98 Å². The lowest BCUT2D eigenvalue weighted by Crippen LogP contribution is -1.95. The number of hydrogen-bond acceptors (Lipinski definition) is 3. The Labute approximate surface area is 108 Å². The van der Waals surface area contributed by atoms with Crippen molar-refractivity contribution >= 4 is 11.6 Å². The third-order valence-electron chi connectivity index (χ3n) is 2.34. The van der Waals surface area contributed by atoms with Crippen LogP contribution in [0.2, 0.25) is 5.02 Å². The molecule has 0 radical (unpaired) electrons. The predicted octanol–water partition coefficient (Wildman–Crippen LogP) is 3.85. The van der Waals surface area contributed by atoms with Gasteiger partial charge in [0, 0.05) is 12.3 Å². The highest BCUT2D eigenvalue weighted by Gasteiger charge is 2.11. The molecule has 0 aliphatic heterocycles. The third kappa shape index (κ3) is 2.41. The minimum atomic E-state index is -0.472. The topological polar surface area (TPSA) is 45.9 Å². The summed E-state index contributed by atoms with van der Waals surface area (Å²) in [6.45, 7) is 1.76. The largest absolute Gasteiger partial charge is 0.436 e. The molecule has 0 unspecified atom stereocenters. The maximum Gasteiger partial charge on any atom is 0.237 e. The molecule has 1 aromatic heterocycles. The molecule has 1 heterocycles. The monoisotopic (exact) mass is 262 g/mol. The van der Waals surface area contributed by atoms with E-state index in [1.54, 1.807) is 13.0 Å². The van der Waals surface area contributed by atoms with E-state index in [1.807, 2.05) is 6.07 Å². The summed E-state index contributed by atoms with van der Waals surface area (Å²) in [4.78, 5) is 3.95. The lowest BCUT2D eigenvalue weighted by atomic mass is 10.2. The van der Waals surface area contributed by atoms with Crippen LogP contribution in [0, 0.1) is 24.1 Å². The number of hydrogen-bond donors (Lipinski definition) is 0. The molecule has 2 aromatic rings. The zero-order chi connectivity index (χ0) is 13.1. The molecule has 0 aliphatic carbocycles. The van der Waals surface area contributed by atoms with E-state index in [4.69, 9.17) is 21.6 Å². The molecule has 0 bridgehead atoms. The molecule has 18 heavy (non-hydrogen) atoms. The maximum absolute atomic E-state index is 13.1. The summed E-state index contributed by atoms with van der Waals surface area (Å²) in [6.07, 6.45) is 1.51. The Morgan fingerprint density at radius 1 is 1.39 bits per heavy atom. The Bertz CT molecular complexity index is 637. The quantitative estimate of drug-likeness (QED) is 0.826. The van der Waals surface area contributed by atoms with Gasteiger partial charge in [-0.2, -0.15) is 5.26 Å². The van der Waals surface area contributed by atoms with Gasteiger partial charge in [0.25, 0.3) is 0 Å². The molecule has 2 rings (SSSR count). The van der Waals surface area contributed by atoms with Gasteiger partial charge in [-0.25, -0.2) is 9.37 Å². The van der Waals surface area contributed by atoms with Crippen molar-refractivity contribution in [2.45, 2.75) is 6.92 Å². The fourth-order valence-corrected chi connectivity index (χ4v) is 1.56. The fourth-order valence-electron chi connectivity index (χ4n) is 1.41. The van der Waals surface area contributed by atoms with E-state index in [9.17, 15) is 4.39 Å². The molecule has 0 saturated carbocycles. The second-order valence-corrected chi connectivity index (χ2v) is 4.00. The van der Waals surface area contributed by atoms with Crippen molar-refractivity contribution in [3.8, 4) is 17.7 Å². The number of nitriles is 1. The summed E-state index contributed by atoms with van der Waals surface area (Å²) < 4.78 is 18.5. The Morgan fingerprint density at radius 3 is 2.89 bits per heavy atom. The van der Waals surface area contributed by atoms with Crippen LogP contribution in [0.3, 0.4) is 0 Å². The van der Waals surface area contributed by atoms with Crippen LogP contribution in [0.15, 0.2) is 30.5 Å². The normalized spacial score (nSPS) is 9.89. The zero-order valence-electron chi connectivity index (χ0n) is 9.45. The van der Waals surface area contributed by atoms with Gasteiger partial charge in [0.15, 0.2) is 5.75 Å². The van der Waals surface area contributed by atoms with Crippen LogP contribution in [-0.2, 0) is 0 Å². The SMILES string of the molecule is Cc1ccnc(Oc2cc(F)ccc2Cl)c1C#N. The Morgan fingerprint density at radius 2 is 2.17 bits per heavy atom. The van der Waals surface area contributed by atoms with Crippen molar-refractivity contribution in [1.29, 1.82) is 5.26 Å². The predicted molar refractivity (Wildman–Crippen MR) is 65.2 cm³/mol. The average Bonchev–Trinajstić information content (AvgIpc) is 2.34. The molecule has 90 valence electrons. The van der Waals surface area contributed by atoms with Gasteiger partial charge in [0.1, 0.15) is 17.4 Å². The number of pyridine rings is 1. The summed E-state index contributed by atoms with van der Waals surface area (Å²) in [7, 11) is 0. The molecule has 5 heteroatoms. The van der Waals surface area contributed by atoms with Gasteiger partial charge in [-0.1, -0.05) is 11.6 Å². The van der Waals surface area contributed by atoms with E-state index in [0.717, 1.165) is 11.6 Å². The Balaban J connectivity index is 2.44. The van der Waals surface area contributed by atoms with Crippen molar-refractivity contribution in [1.82, 2.24) is 4.98 Å². The average molecular weight is 263 g/mol. The standard InChI is InChI=1S/C13H8ClFN2O/c1-8-4-5-17-13(10(8)7-16)18-12-6-9(15)2-3-11(12)14/h2-6H,1H3. The number of halogens is 2. The molecule has 0 aliphatic rings. The second-order valence-electron chi connectivity index (χ2n) is 3.60. The molecular formula is C13H8ClFN2O. The van der Waals surface area contributed by atoms with Crippen molar-refractivity contribution in [2.24, 2.45) is 0 Å². The zero-order valence-corrected chi connectivity index (χ0v) is 10.2. The summed E-state index contributed by atoms with van der Waals surface area (Å²) in [5.74, 6) is -0.225. The maximum atomic E-state index is 13.1. The highest BCUT2D eigenvalue weighted by molar-refractivity contribution is 6.32. The highest BCUT2D eigenvalue weighted by atomic mass is 35.5. The van der Waals surface area contributed by atoms with Gasteiger partial charge in [-0.05, 0) is 30.7 Å². The molecular weight excluding hydrogens is 255 g/mol. The van der Waals surface area contributed by atoms with Gasteiger partial charge in [0.05, 0.1) is 5.02 Å². The van der Waals surface area contributed by atoms with Crippen LogP contribution >= 0.6 is 11.6 Å². The highest BCUT2D eigenvalue weighted by Crippen LogP contribution is 2.31. The van der Waals surface area contributed by atoms with E-state index in [-0.39, 0.29) is 16.7 Å². The van der Waals surface area contributed by atoms with E-state index < -0.39 is 5.82 Å². The van der Waals surface area contributed by atoms with Crippen molar-refractivity contribution in [3.05, 3.63) is 52.4 Å². The summed E-state index contributed by atoms with van der Waals surface area (Å²) in [6, 6.07) is 7.44. The second kappa shape index (κ2) is 5.03. The summed E-state index contributed by atoms with van der Waals surface area (Å²) in [5, 5.41) is 9.28. The Hall–Kier alpha value is -2.12. The van der Waals surface area contributed by atoms with Crippen molar-refractivity contribution in [3.63, 3.8) is 0 Å². The van der Waals surface area contributed by atoms with Gasteiger partial charge < -0.3 is 4.74 Å². The van der Waals surface area contributed by atoms with E-state index >= 15 is 0 Å². The van der Waals surface area contributed by atoms with Crippen LogP contribution in [0.25, 0.3) is 0 Å². The number of rotatable bonds is 2. The molecule has 0 spiro atoms. The lowest BCUT2D eigenvalue weighted by Gasteiger charge is -2.08. The number of ether oxygens (including phenoxy) is 1. The molecule has 1 aromatic carbocycles. The first-order chi connectivity index (χ1) is 8.61. The van der Waals surface area contributed by atoms with Gasteiger partial charge in [0.2, 0.25) is 5.88 Å². The Kier molecular flexibility index (Phi) is 3.45. The molecule has 0 fully saturated rings. The third-order valence-corrected chi connectivity index (χ3v) is 2.65. The molecule has 0 atom stereocenters. The summed E-state index contributed by atoms with van der Waals surface area (Å²) in [5.41, 5.74) is 1.04. The van der Waals surface area contributed by atoms with Crippen LogP contribution < -0.4 is 4.74 Å². The number of benzene rings is 1. The summed E-state index contributed by atoms with van der Waals surface area (Å²) >= 11 is 5.88. The number of aryl methyl sites for hydroxylation is 1. The van der Waals surface area contributed by atoms with Crippen molar-refractivity contribution < 1.29 is 9.13 Å². The molecule has 0 N–H and O–H groups in total. The molecule has 3 nitrogen and oxygen atoms in total. The van der Waals surface area contributed by atoms with Gasteiger partial charge in [-0.3, -0.25) is 0 Å². The van der Waals surface area contributed by atoms with Gasteiger partial charge >= 0.3 is 0 Å². The fraction of sp³-hybridized carbons (Fsp3) is 0.0769. The first-order valence-electron chi connectivity index (χ1n) is 5.10. The number of nitrogens with zero attached hydrogens (tertiary/aromatic N) is 2. The van der Waals surface area contributed by atoms with Crippen LogP contribution in [0.5, 0.6) is 11.6 Å². The lowest BCUT2D eigenvalue weighted by molar-refractivity contribution is 0.456. The van der Waals surface area contributed by atoms with Crippen LogP contribution in [-0.4, -0.2) is 4.98 Å². The first kappa shape index (κ1) is 12.3. The smallest absolute Gasteiger partial charge is 0.237 e. The van der Waals surface area contributed by atoms with Crippen LogP contribution in [0.1, 0.15) is 11.1 Å². The van der Waals surface area contributed by atoms with Gasteiger partial charge in [-0.15, -0.1) is 0 Å². The van der Waals surface area contributed by atoms with E-state index in [1.165, 1.54) is 18.3 Å². The first-order valence-corrected chi connectivity index (χ1v) is 5.48. The number of aromatic nitrogens is 1. The minimum Gasteiger partial charge on any atom is -0.436 e. The minimum absolute atomic E-state index is 0.116. The molecule has 0 saturated heterocycles.